The van der Waals surface area contributed by atoms with E-state index in [1.807, 2.05) is 0 Å². The molecule has 3 rings (SSSR count). The van der Waals surface area contributed by atoms with Crippen molar-refractivity contribution in [2.45, 2.75) is 58.5 Å². The number of fused-ring (bicyclic) bond motifs is 1. The summed E-state index contributed by atoms with van der Waals surface area (Å²) in [5.41, 5.74) is 10.1. The van der Waals surface area contributed by atoms with E-state index < -0.39 is 0 Å². The van der Waals surface area contributed by atoms with Crippen LogP contribution >= 0.6 is 0 Å². The molecule has 1 fully saturated rings. The van der Waals surface area contributed by atoms with Gasteiger partial charge in [-0.1, -0.05) is 45.0 Å². The van der Waals surface area contributed by atoms with E-state index in [1.165, 1.54) is 43.4 Å². The van der Waals surface area contributed by atoms with Crippen molar-refractivity contribution in [3.63, 3.8) is 0 Å². The molecule has 116 valence electrons. The largest absolute Gasteiger partial charge is 0.329 e. The predicted octanol–water partition coefficient (Wildman–Crippen LogP) is 3.59. The van der Waals surface area contributed by atoms with Crippen molar-refractivity contribution < 1.29 is 0 Å². The SMILES string of the molecule is CC1CC(C)(C)CCC1(CN)N1CCc2ccccc2C1. The number of benzene rings is 1. The molecule has 0 radical (unpaired) electrons. The standard InChI is InChI=1S/C19H30N2/c1-15-12-18(2,3)9-10-19(15,14-20)21-11-8-16-6-4-5-7-17(16)13-21/h4-7,15H,8-14,20H2,1-3H3. The molecule has 0 bridgehead atoms. The molecule has 21 heavy (non-hydrogen) atoms. The molecule has 0 saturated heterocycles. The van der Waals surface area contributed by atoms with Crippen LogP contribution in [0.25, 0.3) is 0 Å². The fourth-order valence-corrected chi connectivity index (χ4v) is 4.70. The summed E-state index contributed by atoms with van der Waals surface area (Å²) in [6.07, 6.45) is 5.02. The molecule has 2 unspecified atom stereocenters. The van der Waals surface area contributed by atoms with Gasteiger partial charge in [0.2, 0.25) is 0 Å². The van der Waals surface area contributed by atoms with E-state index in [1.54, 1.807) is 0 Å². The Morgan fingerprint density at radius 1 is 1.19 bits per heavy atom. The molecule has 1 aliphatic heterocycles. The topological polar surface area (TPSA) is 29.3 Å². The number of rotatable bonds is 2. The van der Waals surface area contributed by atoms with Crippen LogP contribution in [0.5, 0.6) is 0 Å². The van der Waals surface area contributed by atoms with Crippen LogP contribution in [0.3, 0.4) is 0 Å². The highest BCUT2D eigenvalue weighted by molar-refractivity contribution is 5.29. The molecule has 1 heterocycles. The maximum atomic E-state index is 6.33. The molecule has 1 aliphatic carbocycles. The first-order valence-electron chi connectivity index (χ1n) is 8.49. The monoisotopic (exact) mass is 286 g/mol. The third-order valence-corrected chi connectivity index (χ3v) is 6.12. The van der Waals surface area contributed by atoms with Gasteiger partial charge in [-0.05, 0) is 48.1 Å². The second-order valence-corrected chi connectivity index (χ2v) is 8.02. The third kappa shape index (κ3) is 2.64. The smallest absolute Gasteiger partial charge is 0.0361 e. The molecular weight excluding hydrogens is 256 g/mol. The van der Waals surface area contributed by atoms with Crippen molar-refractivity contribution in [1.29, 1.82) is 0 Å². The molecule has 2 N–H and O–H groups in total. The van der Waals surface area contributed by atoms with E-state index in [2.05, 4.69) is 49.9 Å². The van der Waals surface area contributed by atoms with Gasteiger partial charge in [-0.3, -0.25) is 4.90 Å². The Hall–Kier alpha value is -0.860. The Labute approximate surface area is 129 Å². The van der Waals surface area contributed by atoms with Gasteiger partial charge in [-0.25, -0.2) is 0 Å². The van der Waals surface area contributed by atoms with Crippen molar-refractivity contribution in [3.8, 4) is 0 Å². The second kappa shape index (κ2) is 5.40. The lowest BCUT2D eigenvalue weighted by molar-refractivity contribution is -0.0303. The molecular formula is C19H30N2. The highest BCUT2D eigenvalue weighted by Crippen LogP contribution is 2.47. The zero-order valence-electron chi connectivity index (χ0n) is 13.9. The summed E-state index contributed by atoms with van der Waals surface area (Å²) in [4.78, 5) is 2.70. The van der Waals surface area contributed by atoms with Gasteiger partial charge in [0.15, 0.2) is 0 Å². The van der Waals surface area contributed by atoms with Crippen molar-refractivity contribution in [2.24, 2.45) is 17.1 Å². The lowest BCUT2D eigenvalue weighted by Gasteiger charge is -2.55. The predicted molar refractivity (Wildman–Crippen MR) is 89.1 cm³/mol. The van der Waals surface area contributed by atoms with Crippen molar-refractivity contribution in [2.75, 3.05) is 13.1 Å². The molecule has 1 saturated carbocycles. The first-order valence-corrected chi connectivity index (χ1v) is 8.49. The fourth-order valence-electron chi connectivity index (χ4n) is 4.70. The first-order chi connectivity index (χ1) is 9.97. The number of hydrogen-bond donors (Lipinski definition) is 1. The van der Waals surface area contributed by atoms with E-state index in [0.29, 0.717) is 11.3 Å². The maximum absolute atomic E-state index is 6.33. The molecule has 2 heteroatoms. The van der Waals surface area contributed by atoms with Gasteiger partial charge in [0.05, 0.1) is 0 Å². The molecule has 0 amide bonds. The molecule has 0 aromatic heterocycles. The highest BCUT2D eigenvalue weighted by atomic mass is 15.2. The van der Waals surface area contributed by atoms with Crippen LogP contribution in [0.2, 0.25) is 0 Å². The minimum Gasteiger partial charge on any atom is -0.329 e. The molecule has 1 aromatic carbocycles. The highest BCUT2D eigenvalue weighted by Gasteiger charge is 2.47. The van der Waals surface area contributed by atoms with Crippen LogP contribution in [0.1, 0.15) is 51.2 Å². The zero-order valence-corrected chi connectivity index (χ0v) is 13.9. The lowest BCUT2D eigenvalue weighted by atomic mass is 9.63. The molecule has 2 nitrogen and oxygen atoms in total. The van der Waals surface area contributed by atoms with E-state index >= 15 is 0 Å². The average molecular weight is 286 g/mol. The van der Waals surface area contributed by atoms with Crippen LogP contribution in [0, 0.1) is 11.3 Å². The molecule has 2 atom stereocenters. The fraction of sp³-hybridized carbons (Fsp3) is 0.684. The van der Waals surface area contributed by atoms with Crippen LogP contribution in [-0.4, -0.2) is 23.5 Å². The molecule has 0 spiro atoms. The van der Waals surface area contributed by atoms with Crippen molar-refractivity contribution in [1.82, 2.24) is 4.90 Å². The van der Waals surface area contributed by atoms with Crippen LogP contribution in [0.4, 0.5) is 0 Å². The Morgan fingerprint density at radius 3 is 2.57 bits per heavy atom. The number of hydrogen-bond acceptors (Lipinski definition) is 2. The van der Waals surface area contributed by atoms with Crippen molar-refractivity contribution >= 4 is 0 Å². The summed E-state index contributed by atoms with van der Waals surface area (Å²) in [6, 6.07) is 8.92. The van der Waals surface area contributed by atoms with E-state index in [4.69, 9.17) is 5.73 Å². The summed E-state index contributed by atoms with van der Waals surface area (Å²) in [7, 11) is 0. The van der Waals surface area contributed by atoms with E-state index in [-0.39, 0.29) is 5.54 Å². The Bertz CT molecular complexity index is 508. The minimum absolute atomic E-state index is 0.211. The minimum atomic E-state index is 0.211. The lowest BCUT2D eigenvalue weighted by Crippen LogP contribution is -2.61. The number of nitrogens with zero attached hydrogens (tertiary/aromatic N) is 1. The van der Waals surface area contributed by atoms with Gasteiger partial charge >= 0.3 is 0 Å². The van der Waals surface area contributed by atoms with E-state index in [9.17, 15) is 0 Å². The summed E-state index contributed by atoms with van der Waals surface area (Å²) in [5.74, 6) is 0.677. The van der Waals surface area contributed by atoms with E-state index in [0.717, 1.165) is 13.1 Å². The van der Waals surface area contributed by atoms with Crippen LogP contribution in [0.15, 0.2) is 24.3 Å². The first kappa shape index (κ1) is 15.1. The maximum Gasteiger partial charge on any atom is 0.0361 e. The third-order valence-electron chi connectivity index (χ3n) is 6.12. The van der Waals surface area contributed by atoms with Gasteiger partial charge in [0.1, 0.15) is 0 Å². The normalized spacial score (nSPS) is 32.7. The quantitative estimate of drug-likeness (QED) is 0.900. The Kier molecular flexibility index (Phi) is 3.87. The van der Waals surface area contributed by atoms with Crippen molar-refractivity contribution in [3.05, 3.63) is 35.4 Å². The van der Waals surface area contributed by atoms with Crippen LogP contribution in [-0.2, 0) is 13.0 Å². The Morgan fingerprint density at radius 2 is 1.90 bits per heavy atom. The average Bonchev–Trinajstić information content (AvgIpc) is 2.47. The Balaban J connectivity index is 1.85. The summed E-state index contributed by atoms with van der Waals surface area (Å²) in [5, 5.41) is 0. The summed E-state index contributed by atoms with van der Waals surface area (Å²) in [6.45, 7) is 10.3. The molecule has 1 aromatic rings. The van der Waals surface area contributed by atoms with Gasteiger partial charge in [-0.2, -0.15) is 0 Å². The zero-order chi connectivity index (χ0) is 15.1. The summed E-state index contributed by atoms with van der Waals surface area (Å²) >= 11 is 0. The van der Waals surface area contributed by atoms with Gasteiger partial charge < -0.3 is 5.73 Å². The molecule has 2 aliphatic rings. The number of nitrogens with two attached hydrogens (primary N) is 1. The summed E-state index contributed by atoms with van der Waals surface area (Å²) < 4.78 is 0. The van der Waals surface area contributed by atoms with Crippen LogP contribution < -0.4 is 5.73 Å². The van der Waals surface area contributed by atoms with Gasteiger partial charge in [-0.15, -0.1) is 0 Å². The second-order valence-electron chi connectivity index (χ2n) is 8.02. The van der Waals surface area contributed by atoms with Gasteiger partial charge in [0.25, 0.3) is 0 Å². The van der Waals surface area contributed by atoms with Gasteiger partial charge in [0, 0.05) is 25.2 Å².